The van der Waals surface area contributed by atoms with Crippen LogP contribution in [0.2, 0.25) is 0 Å². The molecule has 1 aromatic carbocycles. The van der Waals surface area contributed by atoms with E-state index in [1.165, 1.54) is 12.1 Å². The number of hydrogen-bond donors (Lipinski definition) is 1. The number of piperidine rings is 1. The van der Waals surface area contributed by atoms with Crippen LogP contribution in [0.5, 0.6) is 0 Å². The van der Waals surface area contributed by atoms with Gasteiger partial charge in [-0.1, -0.05) is 6.07 Å². The second kappa shape index (κ2) is 6.00. The van der Waals surface area contributed by atoms with Crippen molar-refractivity contribution < 1.29 is 14.8 Å². The lowest BCUT2D eigenvalue weighted by atomic mass is 9.97. The van der Waals surface area contributed by atoms with Crippen molar-refractivity contribution >= 4 is 11.6 Å². The molecule has 0 spiro atoms. The molecular formula is C14H18N2O4. The molecule has 0 bridgehead atoms. The van der Waals surface area contributed by atoms with Crippen LogP contribution in [-0.4, -0.2) is 40.5 Å². The van der Waals surface area contributed by atoms with Gasteiger partial charge in [0, 0.05) is 37.4 Å². The number of carbonyl (C=O) groups excluding carboxylic acids is 1. The van der Waals surface area contributed by atoms with Gasteiger partial charge in [0.2, 0.25) is 0 Å². The highest BCUT2D eigenvalue weighted by molar-refractivity contribution is 5.96. The molecule has 0 saturated carbocycles. The number of hydrogen-bond acceptors (Lipinski definition) is 4. The fourth-order valence-corrected chi connectivity index (χ4v) is 2.52. The molecule has 6 nitrogen and oxygen atoms in total. The first-order chi connectivity index (χ1) is 9.52. The number of rotatable bonds is 3. The van der Waals surface area contributed by atoms with Gasteiger partial charge in [-0.15, -0.1) is 0 Å². The van der Waals surface area contributed by atoms with E-state index in [4.69, 9.17) is 0 Å². The van der Waals surface area contributed by atoms with Crippen molar-refractivity contribution in [2.24, 2.45) is 5.92 Å². The average molecular weight is 278 g/mol. The number of carbonyl (C=O) groups is 1. The van der Waals surface area contributed by atoms with Crippen molar-refractivity contribution in [3.63, 3.8) is 0 Å². The van der Waals surface area contributed by atoms with Gasteiger partial charge in [0.15, 0.2) is 0 Å². The molecule has 1 fully saturated rings. The predicted octanol–water partition coefficient (Wildman–Crippen LogP) is 1.75. The highest BCUT2D eigenvalue weighted by atomic mass is 16.6. The summed E-state index contributed by atoms with van der Waals surface area (Å²) in [6.07, 6.45) is 1.76. The van der Waals surface area contributed by atoms with Crippen molar-refractivity contribution in [2.75, 3.05) is 19.7 Å². The van der Waals surface area contributed by atoms with Crippen LogP contribution >= 0.6 is 0 Å². The van der Waals surface area contributed by atoms with Gasteiger partial charge in [-0.05, 0) is 31.2 Å². The summed E-state index contributed by atoms with van der Waals surface area (Å²) in [5.74, 6) is -0.0870. The Kier molecular flexibility index (Phi) is 4.34. The molecule has 1 aliphatic heterocycles. The van der Waals surface area contributed by atoms with E-state index in [1.807, 2.05) is 0 Å². The van der Waals surface area contributed by atoms with Crippen LogP contribution in [0.25, 0.3) is 0 Å². The van der Waals surface area contributed by atoms with Crippen LogP contribution in [-0.2, 0) is 0 Å². The number of aryl methyl sites for hydroxylation is 1. The first kappa shape index (κ1) is 14.5. The van der Waals surface area contributed by atoms with E-state index in [9.17, 15) is 20.0 Å². The van der Waals surface area contributed by atoms with Gasteiger partial charge in [0.05, 0.1) is 4.92 Å². The van der Waals surface area contributed by atoms with Crippen LogP contribution < -0.4 is 0 Å². The maximum Gasteiger partial charge on any atom is 0.270 e. The van der Waals surface area contributed by atoms with E-state index >= 15 is 0 Å². The maximum atomic E-state index is 12.5. The standard InChI is InChI=1S/C14H18N2O4/c1-10-4-5-12(16(19)20)7-13(10)14(18)15-6-2-3-11(8-15)9-17/h4-5,7,11,17H,2-3,6,8-9H2,1H3. The van der Waals surface area contributed by atoms with Gasteiger partial charge >= 0.3 is 0 Å². The second-order valence-corrected chi connectivity index (χ2v) is 5.20. The summed E-state index contributed by atoms with van der Waals surface area (Å²) in [4.78, 5) is 24.5. The van der Waals surface area contributed by atoms with Crippen LogP contribution in [0.3, 0.4) is 0 Å². The predicted molar refractivity (Wildman–Crippen MR) is 73.5 cm³/mol. The van der Waals surface area contributed by atoms with E-state index < -0.39 is 4.92 Å². The molecule has 0 aromatic heterocycles. The van der Waals surface area contributed by atoms with Crippen LogP contribution in [0.15, 0.2) is 18.2 Å². The minimum atomic E-state index is -0.497. The number of non-ortho nitro benzene ring substituents is 1. The zero-order chi connectivity index (χ0) is 14.7. The van der Waals surface area contributed by atoms with Crippen molar-refractivity contribution in [3.8, 4) is 0 Å². The molecule has 1 N–H and O–H groups in total. The Morgan fingerprint density at radius 3 is 2.95 bits per heavy atom. The topological polar surface area (TPSA) is 83.7 Å². The largest absolute Gasteiger partial charge is 0.396 e. The quantitative estimate of drug-likeness (QED) is 0.674. The lowest BCUT2D eigenvalue weighted by Crippen LogP contribution is -2.41. The third-order valence-electron chi connectivity index (χ3n) is 3.73. The zero-order valence-corrected chi connectivity index (χ0v) is 11.4. The van der Waals surface area contributed by atoms with E-state index in [0.717, 1.165) is 18.4 Å². The van der Waals surface area contributed by atoms with Crippen molar-refractivity contribution in [3.05, 3.63) is 39.4 Å². The van der Waals surface area contributed by atoms with Gasteiger partial charge in [0.25, 0.3) is 11.6 Å². The zero-order valence-electron chi connectivity index (χ0n) is 11.4. The second-order valence-electron chi connectivity index (χ2n) is 5.20. The molecule has 1 aliphatic rings. The summed E-state index contributed by atoms with van der Waals surface area (Å²) in [5, 5.41) is 20.0. The summed E-state index contributed by atoms with van der Waals surface area (Å²) >= 11 is 0. The minimum Gasteiger partial charge on any atom is -0.396 e. The summed E-state index contributed by atoms with van der Waals surface area (Å²) < 4.78 is 0. The van der Waals surface area contributed by atoms with E-state index in [2.05, 4.69) is 0 Å². The smallest absolute Gasteiger partial charge is 0.270 e. The first-order valence-corrected chi connectivity index (χ1v) is 6.68. The van der Waals surface area contributed by atoms with E-state index in [0.29, 0.717) is 18.7 Å². The monoisotopic (exact) mass is 278 g/mol. The molecule has 1 heterocycles. The van der Waals surface area contributed by atoms with Crippen molar-refractivity contribution in [1.82, 2.24) is 4.90 Å². The Labute approximate surface area is 117 Å². The Morgan fingerprint density at radius 1 is 1.55 bits per heavy atom. The SMILES string of the molecule is Cc1ccc([N+](=O)[O-])cc1C(=O)N1CCCC(CO)C1. The van der Waals surface area contributed by atoms with Gasteiger partial charge in [-0.25, -0.2) is 0 Å². The number of aliphatic hydroxyl groups excluding tert-OH is 1. The van der Waals surface area contributed by atoms with E-state index in [1.54, 1.807) is 17.9 Å². The van der Waals surface area contributed by atoms with Crippen LogP contribution in [0, 0.1) is 23.0 Å². The van der Waals surface area contributed by atoms with Crippen LogP contribution in [0.1, 0.15) is 28.8 Å². The Morgan fingerprint density at radius 2 is 2.30 bits per heavy atom. The fourth-order valence-electron chi connectivity index (χ4n) is 2.52. The number of aliphatic hydroxyl groups is 1. The number of likely N-dealkylation sites (tertiary alicyclic amines) is 1. The molecular weight excluding hydrogens is 260 g/mol. The maximum absolute atomic E-state index is 12.5. The average Bonchev–Trinajstić information content (AvgIpc) is 2.46. The lowest BCUT2D eigenvalue weighted by Gasteiger charge is -2.32. The highest BCUT2D eigenvalue weighted by Gasteiger charge is 2.25. The highest BCUT2D eigenvalue weighted by Crippen LogP contribution is 2.22. The first-order valence-electron chi connectivity index (χ1n) is 6.68. The molecule has 0 aliphatic carbocycles. The van der Waals surface area contributed by atoms with Gasteiger partial charge in [-0.3, -0.25) is 14.9 Å². The molecule has 0 radical (unpaired) electrons. The van der Waals surface area contributed by atoms with Crippen molar-refractivity contribution in [2.45, 2.75) is 19.8 Å². The third-order valence-corrected chi connectivity index (χ3v) is 3.73. The van der Waals surface area contributed by atoms with E-state index in [-0.39, 0.29) is 24.1 Å². The lowest BCUT2D eigenvalue weighted by molar-refractivity contribution is -0.384. The molecule has 1 amide bonds. The summed E-state index contributed by atoms with van der Waals surface area (Å²) in [6, 6.07) is 4.33. The minimum absolute atomic E-state index is 0.0672. The molecule has 1 saturated heterocycles. The number of benzene rings is 1. The Hall–Kier alpha value is -1.95. The molecule has 1 atom stereocenters. The Bertz CT molecular complexity index is 530. The summed E-state index contributed by atoms with van der Waals surface area (Å²) in [7, 11) is 0. The molecule has 108 valence electrons. The number of amides is 1. The fraction of sp³-hybridized carbons (Fsp3) is 0.500. The summed E-state index contributed by atoms with van der Waals surface area (Å²) in [5.41, 5.74) is 1.03. The molecule has 2 rings (SSSR count). The summed E-state index contributed by atoms with van der Waals surface area (Å²) in [6.45, 7) is 2.98. The number of nitro groups is 1. The van der Waals surface area contributed by atoms with Crippen LogP contribution in [0.4, 0.5) is 5.69 Å². The molecule has 1 aromatic rings. The van der Waals surface area contributed by atoms with Gasteiger partial charge in [0.1, 0.15) is 0 Å². The normalized spacial score (nSPS) is 18.9. The number of nitrogens with zero attached hydrogens (tertiary/aromatic N) is 2. The molecule has 6 heteroatoms. The van der Waals surface area contributed by atoms with Gasteiger partial charge in [-0.2, -0.15) is 0 Å². The van der Waals surface area contributed by atoms with Crippen molar-refractivity contribution in [1.29, 1.82) is 0 Å². The van der Waals surface area contributed by atoms with Gasteiger partial charge < -0.3 is 10.0 Å². The molecule has 20 heavy (non-hydrogen) atoms. The third kappa shape index (κ3) is 2.96. The number of nitro benzene ring substituents is 1. The molecule has 1 unspecified atom stereocenters. The Balaban J connectivity index is 2.24.